The van der Waals surface area contributed by atoms with Gasteiger partial charge >= 0.3 is 0 Å². The Morgan fingerprint density at radius 1 is 1.31 bits per heavy atom. The predicted molar refractivity (Wildman–Crippen MR) is 113 cm³/mol. The van der Waals surface area contributed by atoms with Gasteiger partial charge < -0.3 is 15.7 Å². The van der Waals surface area contributed by atoms with E-state index in [0.717, 1.165) is 49.0 Å². The molecule has 3 rings (SSSR count). The van der Waals surface area contributed by atoms with E-state index in [-0.39, 0.29) is 12.6 Å². The van der Waals surface area contributed by atoms with Crippen LogP contribution in [0.5, 0.6) is 0 Å². The van der Waals surface area contributed by atoms with Crippen LogP contribution in [0.3, 0.4) is 0 Å². The van der Waals surface area contributed by atoms with Crippen molar-refractivity contribution in [1.82, 2.24) is 24.9 Å². The predicted octanol–water partition coefficient (Wildman–Crippen LogP) is 1.50. The summed E-state index contributed by atoms with van der Waals surface area (Å²) in [6, 6.07) is 2.07. The van der Waals surface area contributed by atoms with E-state index in [1.807, 2.05) is 19.2 Å². The molecular weight excluding hydrogens is 368 g/mol. The van der Waals surface area contributed by atoms with Gasteiger partial charge in [0.15, 0.2) is 5.96 Å². The standard InChI is InChI=1S/C20H30N8O/c1-3-17-14-25-28(15(17)2)20(22-12-16-7-9-23-24-13-16)26-19(21)27-10-5-4-6-18(27)8-11-29/h7,9,13-14,18,29H,3-6,8,10-12H2,1-2H3,(H2,21,22,26)/t18-/m0/s1. The first-order chi connectivity index (χ1) is 14.1. The molecule has 9 heteroatoms. The maximum absolute atomic E-state index is 9.40. The lowest BCUT2D eigenvalue weighted by atomic mass is 10.0. The molecule has 1 fully saturated rings. The molecule has 156 valence electrons. The Kier molecular flexibility index (Phi) is 7.29. The molecule has 1 saturated heterocycles. The molecule has 1 aliphatic rings. The summed E-state index contributed by atoms with van der Waals surface area (Å²) in [5.74, 6) is 0.868. The van der Waals surface area contributed by atoms with Gasteiger partial charge in [0.2, 0.25) is 5.96 Å². The average Bonchev–Trinajstić information content (AvgIpc) is 3.12. The summed E-state index contributed by atoms with van der Waals surface area (Å²) in [5, 5.41) is 21.6. The van der Waals surface area contributed by atoms with E-state index in [1.165, 1.54) is 0 Å². The highest BCUT2D eigenvalue weighted by atomic mass is 16.3. The first-order valence-electron chi connectivity index (χ1n) is 10.2. The maximum atomic E-state index is 9.40. The molecule has 0 unspecified atom stereocenters. The molecule has 9 nitrogen and oxygen atoms in total. The monoisotopic (exact) mass is 398 g/mol. The topological polar surface area (TPSA) is 118 Å². The molecular formula is C20H30N8O. The zero-order valence-corrected chi connectivity index (χ0v) is 17.2. The van der Waals surface area contributed by atoms with Crippen LogP contribution in [0, 0.1) is 6.92 Å². The van der Waals surface area contributed by atoms with Gasteiger partial charge in [-0.2, -0.15) is 20.3 Å². The van der Waals surface area contributed by atoms with Crippen molar-refractivity contribution in [3.8, 4) is 0 Å². The molecule has 1 atom stereocenters. The van der Waals surface area contributed by atoms with Crippen LogP contribution >= 0.6 is 0 Å². The van der Waals surface area contributed by atoms with Gasteiger partial charge in [0.05, 0.1) is 18.9 Å². The van der Waals surface area contributed by atoms with E-state index >= 15 is 0 Å². The van der Waals surface area contributed by atoms with E-state index in [2.05, 4.69) is 37.1 Å². The third kappa shape index (κ3) is 5.17. The molecule has 2 aromatic heterocycles. The largest absolute Gasteiger partial charge is 0.396 e. The third-order valence-electron chi connectivity index (χ3n) is 5.33. The van der Waals surface area contributed by atoms with Crippen LogP contribution in [0.25, 0.3) is 0 Å². The van der Waals surface area contributed by atoms with Crippen LogP contribution in [0.1, 0.15) is 49.4 Å². The Morgan fingerprint density at radius 3 is 2.86 bits per heavy atom. The fourth-order valence-electron chi connectivity index (χ4n) is 3.63. The van der Waals surface area contributed by atoms with Gasteiger partial charge in [0.1, 0.15) is 0 Å². The highest BCUT2D eigenvalue weighted by Crippen LogP contribution is 2.19. The first kappa shape index (κ1) is 20.9. The Labute approximate surface area is 171 Å². The molecule has 3 N–H and O–H groups in total. The normalized spacial score (nSPS) is 18.3. The van der Waals surface area contributed by atoms with E-state index in [9.17, 15) is 5.11 Å². The van der Waals surface area contributed by atoms with E-state index in [4.69, 9.17) is 5.73 Å². The number of aliphatic hydroxyl groups is 1. The van der Waals surface area contributed by atoms with Gasteiger partial charge in [0.25, 0.3) is 0 Å². The second-order valence-electron chi connectivity index (χ2n) is 7.21. The van der Waals surface area contributed by atoms with Crippen molar-refractivity contribution < 1.29 is 5.11 Å². The van der Waals surface area contributed by atoms with Gasteiger partial charge in [-0.15, -0.1) is 0 Å². The van der Waals surface area contributed by atoms with Crippen LogP contribution in [0.15, 0.2) is 34.6 Å². The number of aliphatic imine (C=N–C) groups is 2. The number of nitrogens with two attached hydrogens (primary N) is 1. The van der Waals surface area contributed by atoms with Crippen LogP contribution in [0.4, 0.5) is 0 Å². The van der Waals surface area contributed by atoms with Crippen molar-refractivity contribution in [2.45, 2.75) is 58.5 Å². The summed E-state index contributed by atoms with van der Waals surface area (Å²) < 4.78 is 1.74. The summed E-state index contributed by atoms with van der Waals surface area (Å²) >= 11 is 0. The van der Waals surface area contributed by atoms with E-state index in [1.54, 1.807) is 17.1 Å². The summed E-state index contributed by atoms with van der Waals surface area (Å²) in [6.07, 6.45) is 9.96. The zero-order valence-electron chi connectivity index (χ0n) is 17.2. The Hall–Kier alpha value is -2.81. The first-order valence-corrected chi connectivity index (χ1v) is 10.2. The summed E-state index contributed by atoms with van der Waals surface area (Å²) in [4.78, 5) is 11.5. The molecule has 3 heterocycles. The Bertz CT molecular complexity index is 843. The fourth-order valence-corrected chi connectivity index (χ4v) is 3.63. The highest BCUT2D eigenvalue weighted by molar-refractivity contribution is 5.95. The van der Waals surface area contributed by atoms with Crippen molar-refractivity contribution in [1.29, 1.82) is 0 Å². The van der Waals surface area contributed by atoms with Crippen LogP contribution in [-0.4, -0.2) is 61.1 Å². The molecule has 0 spiro atoms. The SMILES string of the molecule is CCc1cnn(C(N=C(N)N2CCCC[C@H]2CCO)=NCc2ccnnc2)c1C. The number of guanidine groups is 1. The van der Waals surface area contributed by atoms with Crippen LogP contribution in [0.2, 0.25) is 0 Å². The van der Waals surface area contributed by atoms with Gasteiger partial charge in [-0.05, 0) is 56.2 Å². The number of hydrogen-bond donors (Lipinski definition) is 2. The van der Waals surface area contributed by atoms with Gasteiger partial charge in [-0.1, -0.05) is 6.92 Å². The van der Waals surface area contributed by atoms with Gasteiger partial charge in [0, 0.05) is 31.1 Å². The lowest BCUT2D eigenvalue weighted by molar-refractivity contribution is 0.183. The minimum absolute atomic E-state index is 0.141. The van der Waals surface area contributed by atoms with Crippen LogP contribution in [-0.2, 0) is 13.0 Å². The molecule has 0 amide bonds. The number of likely N-dealkylation sites (tertiary alicyclic amines) is 1. The third-order valence-corrected chi connectivity index (χ3v) is 5.33. The zero-order chi connectivity index (χ0) is 20.6. The lowest BCUT2D eigenvalue weighted by Crippen LogP contribution is -2.48. The Morgan fingerprint density at radius 2 is 2.17 bits per heavy atom. The summed E-state index contributed by atoms with van der Waals surface area (Å²) in [5.41, 5.74) is 9.50. The highest BCUT2D eigenvalue weighted by Gasteiger charge is 2.24. The molecule has 0 saturated carbocycles. The second-order valence-corrected chi connectivity index (χ2v) is 7.21. The van der Waals surface area contributed by atoms with Crippen LogP contribution < -0.4 is 5.73 Å². The lowest BCUT2D eigenvalue weighted by Gasteiger charge is -2.36. The smallest absolute Gasteiger partial charge is 0.249 e. The maximum Gasteiger partial charge on any atom is 0.249 e. The van der Waals surface area contributed by atoms with Crippen molar-refractivity contribution in [2.75, 3.05) is 13.2 Å². The summed E-state index contributed by atoms with van der Waals surface area (Å²) in [6.45, 7) is 5.49. The van der Waals surface area contributed by atoms with Crippen molar-refractivity contribution >= 4 is 11.9 Å². The molecule has 2 aromatic rings. The fraction of sp³-hybridized carbons (Fsp3) is 0.550. The van der Waals surface area contributed by atoms with Gasteiger partial charge in [-0.3, -0.25) is 0 Å². The molecule has 0 radical (unpaired) electrons. The van der Waals surface area contributed by atoms with E-state index < -0.39 is 0 Å². The molecule has 0 aliphatic carbocycles. The minimum atomic E-state index is 0.141. The number of aliphatic hydroxyl groups excluding tert-OH is 1. The number of nitrogens with zero attached hydrogens (tertiary/aromatic N) is 7. The molecule has 0 bridgehead atoms. The molecule has 0 aromatic carbocycles. The van der Waals surface area contributed by atoms with Gasteiger partial charge in [-0.25, -0.2) is 9.67 Å². The molecule has 29 heavy (non-hydrogen) atoms. The number of rotatable bonds is 5. The number of aryl methyl sites for hydroxylation is 1. The molecule has 1 aliphatic heterocycles. The minimum Gasteiger partial charge on any atom is -0.396 e. The number of piperidine rings is 1. The van der Waals surface area contributed by atoms with E-state index in [0.29, 0.717) is 24.9 Å². The number of hydrogen-bond acceptors (Lipinski definition) is 5. The van der Waals surface area contributed by atoms with Crippen molar-refractivity contribution in [2.24, 2.45) is 15.7 Å². The quantitative estimate of drug-likeness (QED) is 0.582. The second kappa shape index (κ2) is 10.1. The van der Waals surface area contributed by atoms with Crippen molar-refractivity contribution in [3.05, 3.63) is 41.5 Å². The van der Waals surface area contributed by atoms with Crippen molar-refractivity contribution in [3.63, 3.8) is 0 Å². The summed E-state index contributed by atoms with van der Waals surface area (Å²) in [7, 11) is 0. The number of aromatic nitrogens is 4. The average molecular weight is 399 g/mol. The Balaban J connectivity index is 1.93.